The molecule has 104 valence electrons. The zero-order valence-electron chi connectivity index (χ0n) is 10.9. The van der Waals surface area contributed by atoms with Crippen molar-refractivity contribution in [3.8, 4) is 0 Å². The summed E-state index contributed by atoms with van der Waals surface area (Å²) >= 11 is 1.12. The van der Waals surface area contributed by atoms with Gasteiger partial charge >= 0.3 is 5.97 Å². The van der Waals surface area contributed by atoms with E-state index in [4.69, 9.17) is 9.84 Å². The largest absolute Gasteiger partial charge is 0.476 e. The lowest BCUT2D eigenvalue weighted by molar-refractivity contribution is -0.0283. The van der Waals surface area contributed by atoms with Crippen LogP contribution in [0.15, 0.2) is 0 Å². The van der Waals surface area contributed by atoms with Crippen LogP contribution in [0.25, 0.3) is 0 Å². The van der Waals surface area contributed by atoms with Crippen molar-refractivity contribution < 1.29 is 19.4 Å². The molecular formula is C12H16N2O4S. The van der Waals surface area contributed by atoms with Gasteiger partial charge in [0.1, 0.15) is 16.0 Å². The molecule has 2 rings (SSSR count). The molecule has 0 bridgehead atoms. The maximum atomic E-state index is 11.4. The summed E-state index contributed by atoms with van der Waals surface area (Å²) in [5, 5.41) is 9.64. The molecule has 0 aliphatic carbocycles. The van der Waals surface area contributed by atoms with Gasteiger partial charge in [0, 0.05) is 20.0 Å². The van der Waals surface area contributed by atoms with Crippen LogP contribution in [0.3, 0.4) is 0 Å². The quantitative estimate of drug-likeness (QED) is 0.843. The van der Waals surface area contributed by atoms with E-state index in [1.165, 1.54) is 6.92 Å². The molecule has 0 saturated carbocycles. The number of aromatic carboxylic acids is 1. The molecule has 0 amide bonds. The van der Waals surface area contributed by atoms with Crippen molar-refractivity contribution in [2.24, 2.45) is 0 Å². The van der Waals surface area contributed by atoms with Crippen molar-refractivity contribution >= 4 is 23.1 Å². The Balaban J connectivity index is 2.27. The van der Waals surface area contributed by atoms with Crippen LogP contribution in [0.4, 0.5) is 0 Å². The van der Waals surface area contributed by atoms with Gasteiger partial charge in [-0.3, -0.25) is 9.69 Å². The Morgan fingerprint density at radius 3 is 2.84 bits per heavy atom. The molecule has 1 N–H and O–H groups in total. The molecule has 0 aromatic carbocycles. The van der Waals surface area contributed by atoms with Gasteiger partial charge in [-0.1, -0.05) is 6.92 Å². The van der Waals surface area contributed by atoms with Gasteiger partial charge in [-0.15, -0.1) is 11.3 Å². The number of hydrogen-bond donors (Lipinski definition) is 1. The summed E-state index contributed by atoms with van der Waals surface area (Å²) in [6.07, 6.45) is -0.245. The number of ether oxygens (including phenoxy) is 1. The Kier molecular flexibility index (Phi) is 4.28. The fraction of sp³-hybridized carbons (Fsp3) is 0.583. The molecule has 7 heteroatoms. The molecule has 0 spiro atoms. The van der Waals surface area contributed by atoms with Crippen LogP contribution >= 0.6 is 11.3 Å². The third-order valence-electron chi connectivity index (χ3n) is 3.04. The first-order valence-electron chi connectivity index (χ1n) is 6.11. The van der Waals surface area contributed by atoms with Crippen molar-refractivity contribution in [2.45, 2.75) is 20.0 Å². The number of carboxylic acids is 1. The van der Waals surface area contributed by atoms with E-state index < -0.39 is 5.97 Å². The highest BCUT2D eigenvalue weighted by Gasteiger charge is 2.28. The number of carbonyl (C=O) groups excluding carboxylic acids is 1. The predicted molar refractivity (Wildman–Crippen MR) is 69.9 cm³/mol. The summed E-state index contributed by atoms with van der Waals surface area (Å²) in [7, 11) is 0. The maximum absolute atomic E-state index is 11.4. The van der Waals surface area contributed by atoms with E-state index in [0.29, 0.717) is 18.2 Å². The van der Waals surface area contributed by atoms with Gasteiger partial charge in [-0.25, -0.2) is 9.78 Å². The topological polar surface area (TPSA) is 79.7 Å². The summed E-state index contributed by atoms with van der Waals surface area (Å²) in [4.78, 5) is 29.0. The lowest BCUT2D eigenvalue weighted by Gasteiger charge is -2.30. The highest BCUT2D eigenvalue weighted by Crippen LogP contribution is 2.29. The third kappa shape index (κ3) is 2.99. The van der Waals surface area contributed by atoms with Crippen molar-refractivity contribution in [1.82, 2.24) is 9.88 Å². The van der Waals surface area contributed by atoms with Crippen molar-refractivity contribution in [3.63, 3.8) is 0 Å². The first-order chi connectivity index (χ1) is 9.02. The molecule has 19 heavy (non-hydrogen) atoms. The zero-order valence-corrected chi connectivity index (χ0v) is 11.7. The van der Waals surface area contributed by atoms with Crippen LogP contribution in [0.2, 0.25) is 0 Å². The second-order valence-corrected chi connectivity index (χ2v) is 5.37. The summed E-state index contributed by atoms with van der Waals surface area (Å²) in [6, 6.07) is 0. The summed E-state index contributed by atoms with van der Waals surface area (Å²) in [5.74, 6) is -1.44. The Labute approximate surface area is 115 Å². The Bertz CT molecular complexity index is 468. The minimum absolute atomic E-state index is 0.162. The lowest BCUT2D eigenvalue weighted by Crippen LogP contribution is -2.38. The smallest absolute Gasteiger partial charge is 0.356 e. The standard InChI is InChI=1S/C12H16N2O4S/c1-3-14-4-5-18-8(6-14)11-13-9(12(16)17)10(19-11)7(2)15/h8H,3-6H2,1-2H3,(H,16,17). The van der Waals surface area contributed by atoms with E-state index in [1.807, 2.05) is 0 Å². The molecule has 0 radical (unpaired) electrons. The van der Waals surface area contributed by atoms with E-state index in [0.717, 1.165) is 24.4 Å². The average Bonchev–Trinajstić information content (AvgIpc) is 2.84. The van der Waals surface area contributed by atoms with Crippen LogP contribution in [-0.2, 0) is 4.74 Å². The minimum Gasteiger partial charge on any atom is -0.476 e. The number of carbonyl (C=O) groups is 2. The van der Waals surface area contributed by atoms with Gasteiger partial charge in [0.2, 0.25) is 0 Å². The predicted octanol–water partition coefficient (Wildman–Crippen LogP) is 1.44. The van der Waals surface area contributed by atoms with Crippen molar-refractivity contribution in [3.05, 3.63) is 15.6 Å². The molecule has 2 heterocycles. The fourth-order valence-corrected chi connectivity index (χ4v) is 2.99. The van der Waals surface area contributed by atoms with Crippen LogP contribution in [0, 0.1) is 0 Å². The first-order valence-corrected chi connectivity index (χ1v) is 6.93. The molecule has 1 fully saturated rings. The van der Waals surface area contributed by atoms with Gasteiger partial charge in [0.25, 0.3) is 0 Å². The SMILES string of the molecule is CCN1CCOC(c2nc(C(=O)O)c(C(C)=O)s2)C1. The number of aromatic nitrogens is 1. The Morgan fingerprint density at radius 1 is 1.58 bits per heavy atom. The summed E-state index contributed by atoms with van der Waals surface area (Å²) in [6.45, 7) is 6.47. The number of rotatable bonds is 4. The summed E-state index contributed by atoms with van der Waals surface area (Å²) in [5.41, 5.74) is -0.162. The number of Topliss-reactive ketones (excluding diaryl/α,β-unsaturated/α-hetero) is 1. The van der Waals surface area contributed by atoms with Gasteiger partial charge < -0.3 is 9.84 Å². The van der Waals surface area contributed by atoms with Crippen molar-refractivity contribution in [2.75, 3.05) is 26.2 Å². The second kappa shape index (κ2) is 5.77. The first kappa shape index (κ1) is 14.1. The number of ketones is 1. The van der Waals surface area contributed by atoms with E-state index in [1.54, 1.807) is 0 Å². The molecule has 6 nitrogen and oxygen atoms in total. The van der Waals surface area contributed by atoms with Crippen LogP contribution in [0.1, 0.15) is 45.1 Å². The number of likely N-dealkylation sites (N-methyl/N-ethyl adjacent to an activating group) is 1. The van der Waals surface area contributed by atoms with Crippen molar-refractivity contribution in [1.29, 1.82) is 0 Å². The molecule has 1 saturated heterocycles. The molecule has 1 aromatic heterocycles. The average molecular weight is 284 g/mol. The Morgan fingerprint density at radius 2 is 2.32 bits per heavy atom. The van der Waals surface area contributed by atoms with E-state index >= 15 is 0 Å². The molecule has 1 unspecified atom stereocenters. The van der Waals surface area contributed by atoms with Crippen LogP contribution in [-0.4, -0.2) is 53.0 Å². The van der Waals surface area contributed by atoms with Gasteiger partial charge in [-0.05, 0) is 6.54 Å². The number of nitrogens with zero attached hydrogens (tertiary/aromatic N) is 2. The van der Waals surface area contributed by atoms with Crippen LogP contribution < -0.4 is 0 Å². The molecule has 1 aliphatic heterocycles. The number of carboxylic acid groups (broad SMARTS) is 1. The number of morpholine rings is 1. The second-order valence-electron chi connectivity index (χ2n) is 4.34. The molecule has 1 aromatic rings. The molecule has 1 atom stereocenters. The van der Waals surface area contributed by atoms with Gasteiger partial charge in [-0.2, -0.15) is 0 Å². The Hall–Kier alpha value is -1.31. The molecule has 1 aliphatic rings. The summed E-state index contributed by atoms with van der Waals surface area (Å²) < 4.78 is 5.63. The number of thiazole rings is 1. The van der Waals surface area contributed by atoms with E-state index in [9.17, 15) is 9.59 Å². The van der Waals surface area contributed by atoms with E-state index in [-0.39, 0.29) is 22.5 Å². The van der Waals surface area contributed by atoms with Crippen LogP contribution in [0.5, 0.6) is 0 Å². The highest BCUT2D eigenvalue weighted by molar-refractivity contribution is 7.14. The van der Waals surface area contributed by atoms with Gasteiger partial charge in [0.05, 0.1) is 6.61 Å². The maximum Gasteiger partial charge on any atom is 0.356 e. The monoisotopic (exact) mass is 284 g/mol. The fourth-order valence-electron chi connectivity index (χ4n) is 2.00. The highest BCUT2D eigenvalue weighted by atomic mass is 32.1. The lowest BCUT2D eigenvalue weighted by atomic mass is 10.2. The third-order valence-corrected chi connectivity index (χ3v) is 4.29. The van der Waals surface area contributed by atoms with Gasteiger partial charge in [0.15, 0.2) is 11.5 Å². The zero-order chi connectivity index (χ0) is 14.0. The van der Waals surface area contributed by atoms with E-state index in [2.05, 4.69) is 16.8 Å². The minimum atomic E-state index is -1.17. The number of hydrogen-bond acceptors (Lipinski definition) is 6. The molecular weight excluding hydrogens is 268 g/mol. The normalized spacial score (nSPS) is 20.4.